The number of allylic oxidation sites excluding steroid dienone is 1. The number of hydrogen-bond acceptors (Lipinski definition) is 13. The maximum atomic E-state index is 15.1. The summed E-state index contributed by atoms with van der Waals surface area (Å²) in [6, 6.07) is 21.8. The SMILES string of the molecule is C=CCO[C@@]12Oc3ccc(OCCSc4ccccc4)cc3[C@H]3[C@H](CCCCO)[C@@H](CCCCO)C=C(C(=NOCc4ccc([N+](=O)[O-])cc4)C[C@@H]1N(CCOCCO)C(=O)CCCCCCCCCCC)[C@H]32. The molecule has 3 aromatic carbocycles. The lowest BCUT2D eigenvalue weighted by Crippen LogP contribution is -2.70. The number of aliphatic hydroxyl groups excluding tert-OH is 3. The van der Waals surface area contributed by atoms with Gasteiger partial charge in [0.1, 0.15) is 24.1 Å². The van der Waals surface area contributed by atoms with E-state index in [4.69, 9.17) is 28.9 Å². The molecule has 6 rings (SSSR count). The average molecular weight is 1030 g/mol. The molecule has 3 N–H and O–H groups in total. The van der Waals surface area contributed by atoms with Gasteiger partial charge in [-0.3, -0.25) is 14.9 Å². The van der Waals surface area contributed by atoms with Crippen molar-refractivity contribution in [1.82, 2.24) is 4.90 Å². The molecule has 0 spiro atoms. The Morgan fingerprint density at radius 3 is 2.32 bits per heavy atom. The molecule has 1 heterocycles. The Bertz CT molecular complexity index is 2190. The van der Waals surface area contributed by atoms with Gasteiger partial charge < -0.3 is 44.0 Å². The fraction of sp³-hybridized carbons (Fsp3) is 0.586. The number of carbonyl (C=O) groups excluding carboxylic acids is 1. The normalized spacial score (nSPS) is 21.4. The molecule has 1 amide bonds. The largest absolute Gasteiger partial charge is 0.493 e. The van der Waals surface area contributed by atoms with E-state index in [1.165, 1.54) is 49.1 Å². The first-order chi connectivity index (χ1) is 35.8. The number of rotatable bonds is 36. The summed E-state index contributed by atoms with van der Waals surface area (Å²) in [4.78, 5) is 35.4. The molecule has 0 unspecified atom stereocenters. The molecule has 0 radical (unpaired) electrons. The van der Waals surface area contributed by atoms with Gasteiger partial charge in [-0.05, 0) is 97.5 Å². The zero-order valence-corrected chi connectivity index (χ0v) is 43.9. The molecule has 1 fully saturated rings. The first kappa shape index (κ1) is 57.5. The minimum atomic E-state index is -1.44. The van der Waals surface area contributed by atoms with Gasteiger partial charge in [-0.2, -0.15) is 0 Å². The summed E-state index contributed by atoms with van der Waals surface area (Å²) in [5.74, 6) is -0.0962. The van der Waals surface area contributed by atoms with Gasteiger partial charge in [0.05, 0.1) is 49.6 Å². The minimum Gasteiger partial charge on any atom is -0.493 e. The summed E-state index contributed by atoms with van der Waals surface area (Å²) in [6.07, 6.45) is 19.0. The number of unbranched alkanes of at least 4 members (excludes halogenated alkanes) is 10. The molecule has 15 heteroatoms. The quantitative estimate of drug-likeness (QED) is 0.0165. The molecular formula is C58H81N3O11S. The third-order valence-corrected chi connectivity index (χ3v) is 15.4. The van der Waals surface area contributed by atoms with Gasteiger partial charge >= 0.3 is 0 Å². The molecule has 1 saturated carbocycles. The van der Waals surface area contributed by atoms with E-state index in [-0.39, 0.29) is 88.6 Å². The highest BCUT2D eigenvalue weighted by Gasteiger charge is 2.65. The third-order valence-electron chi connectivity index (χ3n) is 14.5. The molecule has 400 valence electrons. The number of ether oxygens (including phenoxy) is 4. The molecule has 3 aliphatic rings. The van der Waals surface area contributed by atoms with Crippen LogP contribution in [0.3, 0.4) is 0 Å². The standard InChI is InChI=1S/C58H81N3O11S/c1-3-5-6-7-8-9-10-11-15-24-55(65)60(31-36-68-37-34-64)54-42-52(59-71-43-44-25-27-46(28-26-44)61(66)67)50-40-45(20-16-18-32-62)49(23-17-19-33-63)56-51-41-47(69-38-39-73-48-21-13-12-14-22-48)29-30-53(51)72-58(54,57(50)56)70-35-4-2/h4,12-14,21-22,25-30,40-41,45,49,54,56-57,62-64H,2-3,5-11,15-20,23-24,31-39,42-43H2,1H3/t45-,49+,54-,56+,57+,58+/m0/s1. The van der Waals surface area contributed by atoms with Crippen molar-refractivity contribution in [2.75, 3.05) is 58.5 Å². The molecular weight excluding hydrogens is 947 g/mol. The summed E-state index contributed by atoms with van der Waals surface area (Å²) < 4.78 is 27.1. The number of fused-ring (bicyclic) bond motifs is 2. The van der Waals surface area contributed by atoms with Crippen LogP contribution in [0.1, 0.15) is 133 Å². The van der Waals surface area contributed by atoms with Crippen LogP contribution in [-0.4, -0.2) is 107 Å². The summed E-state index contributed by atoms with van der Waals surface area (Å²) in [6.45, 7) is 7.47. The summed E-state index contributed by atoms with van der Waals surface area (Å²) >= 11 is 1.73. The highest BCUT2D eigenvalue weighted by atomic mass is 32.2. The van der Waals surface area contributed by atoms with Crippen molar-refractivity contribution in [2.45, 2.75) is 145 Å². The Morgan fingerprint density at radius 1 is 0.890 bits per heavy atom. The van der Waals surface area contributed by atoms with Crippen molar-refractivity contribution in [3.8, 4) is 11.5 Å². The van der Waals surface area contributed by atoms with Gasteiger partial charge in [0.15, 0.2) is 0 Å². The Morgan fingerprint density at radius 2 is 1.62 bits per heavy atom. The molecule has 2 aliphatic carbocycles. The zero-order valence-electron chi connectivity index (χ0n) is 43.1. The lowest BCUT2D eigenvalue weighted by molar-refractivity contribution is -0.384. The lowest BCUT2D eigenvalue weighted by Gasteiger charge is -2.60. The summed E-state index contributed by atoms with van der Waals surface area (Å²) in [7, 11) is 0. The summed E-state index contributed by atoms with van der Waals surface area (Å²) in [5, 5.41) is 46.2. The van der Waals surface area contributed by atoms with Crippen LogP contribution < -0.4 is 9.47 Å². The van der Waals surface area contributed by atoms with Crippen LogP contribution in [0.25, 0.3) is 0 Å². The Hall–Kier alpha value is -4.77. The van der Waals surface area contributed by atoms with Crippen molar-refractivity contribution in [2.24, 2.45) is 22.9 Å². The summed E-state index contributed by atoms with van der Waals surface area (Å²) in [5.41, 5.74) is 3.20. The van der Waals surface area contributed by atoms with E-state index in [2.05, 4.69) is 37.8 Å². The molecule has 3 aromatic rings. The van der Waals surface area contributed by atoms with Gasteiger partial charge in [0.2, 0.25) is 11.7 Å². The Labute approximate surface area is 437 Å². The first-order valence-electron chi connectivity index (χ1n) is 27.0. The molecule has 14 nitrogen and oxygen atoms in total. The maximum absolute atomic E-state index is 15.1. The second-order valence-electron chi connectivity index (χ2n) is 19.5. The van der Waals surface area contributed by atoms with Crippen molar-refractivity contribution < 1.29 is 48.8 Å². The number of thioether (sulfide) groups is 1. The average Bonchev–Trinajstić information content (AvgIpc) is 3.40. The molecule has 6 atom stereocenters. The van der Waals surface area contributed by atoms with Crippen molar-refractivity contribution in [3.05, 3.63) is 118 Å². The van der Waals surface area contributed by atoms with Gasteiger partial charge in [0, 0.05) is 66.9 Å². The molecule has 1 aliphatic heterocycles. The third kappa shape index (κ3) is 16.4. The van der Waals surface area contributed by atoms with Crippen LogP contribution in [0.2, 0.25) is 0 Å². The van der Waals surface area contributed by atoms with E-state index in [9.17, 15) is 25.4 Å². The number of benzene rings is 3. The van der Waals surface area contributed by atoms with Crippen molar-refractivity contribution in [1.29, 1.82) is 0 Å². The number of nitrogens with zero attached hydrogens (tertiary/aromatic N) is 3. The number of hydrogen-bond donors (Lipinski definition) is 3. The molecule has 73 heavy (non-hydrogen) atoms. The fourth-order valence-corrected chi connectivity index (χ4v) is 11.7. The van der Waals surface area contributed by atoms with E-state index >= 15 is 4.79 Å². The highest BCUT2D eigenvalue weighted by molar-refractivity contribution is 7.99. The van der Waals surface area contributed by atoms with Crippen molar-refractivity contribution in [3.63, 3.8) is 0 Å². The topological polar surface area (TPSA) is 183 Å². The number of amides is 1. The Balaban J connectivity index is 1.46. The number of carbonyl (C=O) groups is 1. The van der Waals surface area contributed by atoms with E-state index < -0.39 is 22.7 Å². The predicted octanol–water partition coefficient (Wildman–Crippen LogP) is 11.4. The number of non-ortho nitro benzene ring substituents is 1. The van der Waals surface area contributed by atoms with Crippen LogP contribution in [0, 0.1) is 27.9 Å². The number of nitro benzene ring substituents is 1. The van der Waals surface area contributed by atoms with Crippen LogP contribution in [0.4, 0.5) is 5.69 Å². The second-order valence-corrected chi connectivity index (χ2v) is 20.6. The monoisotopic (exact) mass is 1030 g/mol. The zero-order chi connectivity index (χ0) is 51.7. The molecule has 0 bridgehead atoms. The van der Waals surface area contributed by atoms with E-state index in [1.54, 1.807) is 30.0 Å². The van der Waals surface area contributed by atoms with Crippen LogP contribution in [-0.2, 0) is 25.7 Å². The van der Waals surface area contributed by atoms with Crippen LogP contribution >= 0.6 is 11.8 Å². The van der Waals surface area contributed by atoms with Gasteiger partial charge in [-0.25, -0.2) is 0 Å². The molecule has 0 aromatic heterocycles. The number of aliphatic hydroxyl groups is 3. The predicted molar refractivity (Wildman–Crippen MR) is 287 cm³/mol. The van der Waals surface area contributed by atoms with Gasteiger partial charge in [0.25, 0.3) is 5.69 Å². The maximum Gasteiger partial charge on any atom is 0.269 e. The minimum absolute atomic E-state index is 0.0208. The highest BCUT2D eigenvalue weighted by Crippen LogP contribution is 2.62. The first-order valence-corrected chi connectivity index (χ1v) is 28.0. The number of oxime groups is 1. The Kier molecular flexibility index (Phi) is 24.6. The van der Waals surface area contributed by atoms with E-state index in [0.29, 0.717) is 48.6 Å². The van der Waals surface area contributed by atoms with Gasteiger partial charge in [-0.15, -0.1) is 18.3 Å². The van der Waals surface area contributed by atoms with Gasteiger partial charge in [-0.1, -0.05) is 107 Å². The number of nitro groups is 1. The lowest BCUT2D eigenvalue weighted by atomic mass is 9.55. The fourth-order valence-electron chi connectivity index (χ4n) is 11.0. The van der Waals surface area contributed by atoms with E-state index in [0.717, 1.165) is 68.3 Å². The van der Waals surface area contributed by atoms with Crippen molar-refractivity contribution >= 4 is 29.1 Å². The van der Waals surface area contributed by atoms with Crippen LogP contribution in [0.5, 0.6) is 11.5 Å². The smallest absolute Gasteiger partial charge is 0.269 e. The van der Waals surface area contributed by atoms with E-state index in [1.807, 2.05) is 35.2 Å². The van der Waals surface area contributed by atoms with Crippen LogP contribution in [0.15, 0.2) is 107 Å². The second kappa shape index (κ2) is 31.2. The molecule has 0 saturated heterocycles.